The van der Waals surface area contributed by atoms with Crippen LogP contribution >= 0.6 is 0 Å². The lowest BCUT2D eigenvalue weighted by Gasteiger charge is -1.90. The minimum Gasteiger partial charge on any atom is -0.477 e. The van der Waals surface area contributed by atoms with Gasteiger partial charge < -0.3 is 25.3 Å². The van der Waals surface area contributed by atoms with Crippen molar-refractivity contribution >= 4 is 17.6 Å². The predicted molar refractivity (Wildman–Crippen MR) is 38.9 cm³/mol. The number of hydrogen-bond donors (Lipinski definition) is 2. The van der Waals surface area contributed by atoms with Gasteiger partial charge in [0.1, 0.15) is 5.10 Å². The maximum Gasteiger partial charge on any atom is 0.434 e. The third kappa shape index (κ3) is 1.35. The topological polar surface area (TPSA) is 152 Å². The Labute approximate surface area is 74.5 Å². The highest BCUT2D eigenvalue weighted by atomic mass is 16.6. The van der Waals surface area contributed by atoms with Gasteiger partial charge in [0.15, 0.2) is 0 Å². The Bertz CT molecular complexity index is 390. The second kappa shape index (κ2) is 3.08. The molecule has 14 heavy (non-hydrogen) atoms. The minimum absolute atomic E-state index is 1.01. The number of hydrogen-bond acceptors (Lipinski definition) is 6. The Balaban J connectivity index is 3.42. The quantitative estimate of drug-likeness (QED) is 0.513. The SMILES string of the molecule is O=C(O)c1c([N+](=O)[O-])n[nH]c1[N+](=O)[O-]. The Morgan fingerprint density at radius 3 is 2.29 bits per heavy atom. The van der Waals surface area contributed by atoms with Crippen molar-refractivity contribution in [2.45, 2.75) is 0 Å². The van der Waals surface area contributed by atoms with E-state index in [9.17, 15) is 25.0 Å². The van der Waals surface area contributed by atoms with Crippen LogP contribution in [0.5, 0.6) is 0 Å². The molecule has 1 aromatic heterocycles. The van der Waals surface area contributed by atoms with E-state index >= 15 is 0 Å². The van der Waals surface area contributed by atoms with Crippen molar-refractivity contribution in [1.82, 2.24) is 10.2 Å². The zero-order chi connectivity index (χ0) is 10.9. The molecule has 0 aliphatic heterocycles. The summed E-state index contributed by atoms with van der Waals surface area (Å²) in [5.41, 5.74) is -1.06. The monoisotopic (exact) mass is 202 g/mol. The summed E-state index contributed by atoms with van der Waals surface area (Å²) < 4.78 is 0. The largest absolute Gasteiger partial charge is 0.477 e. The van der Waals surface area contributed by atoms with Crippen molar-refractivity contribution in [3.05, 3.63) is 25.8 Å². The average molecular weight is 202 g/mol. The molecule has 0 amide bonds. The maximum atomic E-state index is 10.4. The van der Waals surface area contributed by atoms with Gasteiger partial charge in [-0.15, -0.1) is 0 Å². The van der Waals surface area contributed by atoms with Crippen LogP contribution in [0.25, 0.3) is 0 Å². The average Bonchev–Trinajstić information content (AvgIpc) is 2.46. The van der Waals surface area contributed by atoms with E-state index < -0.39 is 33.0 Å². The zero-order valence-corrected chi connectivity index (χ0v) is 6.33. The number of nitro groups is 2. The first-order valence-corrected chi connectivity index (χ1v) is 3.05. The Morgan fingerprint density at radius 2 is 1.93 bits per heavy atom. The highest BCUT2D eigenvalue weighted by Gasteiger charge is 2.36. The lowest BCUT2D eigenvalue weighted by molar-refractivity contribution is -0.394. The summed E-state index contributed by atoms with van der Waals surface area (Å²) in [5, 5.41) is 33.5. The molecule has 0 saturated carbocycles. The van der Waals surface area contributed by atoms with Crippen molar-refractivity contribution in [2.24, 2.45) is 0 Å². The van der Waals surface area contributed by atoms with Gasteiger partial charge in [-0.25, -0.2) is 4.79 Å². The molecular weight excluding hydrogens is 200 g/mol. The lowest BCUT2D eigenvalue weighted by atomic mass is 10.3. The van der Waals surface area contributed by atoms with E-state index in [0.29, 0.717) is 0 Å². The van der Waals surface area contributed by atoms with Gasteiger partial charge in [0.05, 0.1) is 0 Å². The fourth-order valence-corrected chi connectivity index (χ4v) is 0.785. The third-order valence-electron chi connectivity index (χ3n) is 1.30. The van der Waals surface area contributed by atoms with Crippen molar-refractivity contribution in [2.75, 3.05) is 0 Å². The molecule has 0 unspecified atom stereocenters. The number of aromatic carboxylic acids is 1. The van der Waals surface area contributed by atoms with Crippen LogP contribution in [0.1, 0.15) is 10.4 Å². The van der Waals surface area contributed by atoms with E-state index in [1.165, 1.54) is 0 Å². The number of aromatic amines is 1. The number of aromatic nitrogens is 2. The Kier molecular flexibility index (Phi) is 2.11. The molecule has 0 aliphatic carbocycles. The first kappa shape index (κ1) is 9.57. The third-order valence-corrected chi connectivity index (χ3v) is 1.30. The van der Waals surface area contributed by atoms with E-state index in [-0.39, 0.29) is 0 Å². The van der Waals surface area contributed by atoms with Crippen molar-refractivity contribution < 1.29 is 19.7 Å². The number of carboxylic acid groups (broad SMARTS) is 1. The maximum absolute atomic E-state index is 10.4. The van der Waals surface area contributed by atoms with Gasteiger partial charge in [0.2, 0.25) is 0 Å². The van der Waals surface area contributed by atoms with Crippen molar-refractivity contribution in [3.8, 4) is 0 Å². The number of rotatable bonds is 3. The molecule has 1 aromatic rings. The summed E-state index contributed by atoms with van der Waals surface area (Å²) in [6, 6.07) is 0. The second-order valence-corrected chi connectivity index (χ2v) is 2.09. The van der Waals surface area contributed by atoms with Crippen LogP contribution in [0.4, 0.5) is 11.6 Å². The summed E-state index contributed by atoms with van der Waals surface area (Å²) >= 11 is 0. The second-order valence-electron chi connectivity index (χ2n) is 2.09. The number of nitrogens with zero attached hydrogens (tertiary/aromatic N) is 3. The van der Waals surface area contributed by atoms with Crippen LogP contribution in [-0.2, 0) is 0 Å². The van der Waals surface area contributed by atoms with E-state index in [0.717, 1.165) is 0 Å². The summed E-state index contributed by atoms with van der Waals surface area (Å²) in [7, 11) is 0. The van der Waals surface area contributed by atoms with E-state index in [1.54, 1.807) is 5.10 Å². The molecule has 0 bridgehead atoms. The van der Waals surface area contributed by atoms with Crippen LogP contribution in [0.3, 0.4) is 0 Å². The molecule has 0 fully saturated rings. The van der Waals surface area contributed by atoms with Gasteiger partial charge in [0, 0.05) is 0 Å². The first-order chi connectivity index (χ1) is 6.45. The molecule has 0 radical (unpaired) electrons. The predicted octanol–water partition coefficient (Wildman–Crippen LogP) is -0.0757. The van der Waals surface area contributed by atoms with Crippen LogP contribution in [0.2, 0.25) is 0 Å². The Hall–Kier alpha value is -2.52. The molecule has 0 aromatic carbocycles. The molecule has 1 rings (SSSR count). The van der Waals surface area contributed by atoms with Crippen LogP contribution in [-0.4, -0.2) is 31.1 Å². The number of carboxylic acids is 1. The van der Waals surface area contributed by atoms with Crippen LogP contribution < -0.4 is 0 Å². The summed E-state index contributed by atoms with van der Waals surface area (Å²) in [6.45, 7) is 0. The van der Waals surface area contributed by atoms with E-state index in [4.69, 9.17) is 5.11 Å². The molecule has 1 heterocycles. The lowest BCUT2D eigenvalue weighted by Crippen LogP contribution is -2.03. The summed E-state index contributed by atoms with van der Waals surface area (Å²) in [5.74, 6) is -3.87. The molecule has 10 heteroatoms. The molecule has 0 saturated heterocycles. The van der Waals surface area contributed by atoms with E-state index in [1.807, 2.05) is 0 Å². The van der Waals surface area contributed by atoms with Crippen LogP contribution in [0, 0.1) is 20.2 Å². The van der Waals surface area contributed by atoms with Crippen molar-refractivity contribution in [3.63, 3.8) is 0 Å². The van der Waals surface area contributed by atoms with E-state index in [2.05, 4.69) is 5.10 Å². The number of nitrogens with one attached hydrogen (secondary N) is 1. The Morgan fingerprint density at radius 1 is 1.36 bits per heavy atom. The number of H-pyrrole nitrogens is 1. The molecule has 0 atom stereocenters. The van der Waals surface area contributed by atoms with Gasteiger partial charge in [-0.05, 0) is 14.9 Å². The van der Waals surface area contributed by atoms with Gasteiger partial charge in [-0.2, -0.15) is 0 Å². The first-order valence-electron chi connectivity index (χ1n) is 3.05. The van der Waals surface area contributed by atoms with Gasteiger partial charge in [-0.3, -0.25) is 0 Å². The highest BCUT2D eigenvalue weighted by Crippen LogP contribution is 2.24. The van der Waals surface area contributed by atoms with Gasteiger partial charge >= 0.3 is 17.6 Å². The van der Waals surface area contributed by atoms with Gasteiger partial charge in [0.25, 0.3) is 5.56 Å². The molecule has 74 valence electrons. The summed E-state index contributed by atoms with van der Waals surface area (Å²) in [6.07, 6.45) is 0. The smallest absolute Gasteiger partial charge is 0.434 e. The molecule has 0 spiro atoms. The zero-order valence-electron chi connectivity index (χ0n) is 6.33. The standard InChI is InChI=1S/C4H2N4O6/c9-4(10)1-2(7(11)12)5-6-3(1)8(13)14/h(H,5,6)(H,9,10). The normalized spacial score (nSPS) is 9.71. The highest BCUT2D eigenvalue weighted by molar-refractivity contribution is 5.95. The fraction of sp³-hybridized carbons (Fsp3) is 0. The van der Waals surface area contributed by atoms with Gasteiger partial charge in [-0.1, -0.05) is 0 Å². The molecule has 2 N–H and O–H groups in total. The molecular formula is C4H2N4O6. The molecule has 10 nitrogen and oxygen atoms in total. The van der Waals surface area contributed by atoms with Crippen LogP contribution in [0.15, 0.2) is 0 Å². The summed E-state index contributed by atoms with van der Waals surface area (Å²) in [4.78, 5) is 28.6. The number of carbonyl (C=O) groups is 1. The van der Waals surface area contributed by atoms with Crippen molar-refractivity contribution in [1.29, 1.82) is 0 Å². The molecule has 0 aliphatic rings. The minimum atomic E-state index is -1.78. The fourth-order valence-electron chi connectivity index (χ4n) is 0.785.